The number of oxime groups is 1. The molecule has 0 heterocycles. The molecule has 6 heteroatoms. The summed E-state index contributed by atoms with van der Waals surface area (Å²) in [4.78, 5) is 16.7. The number of nitrogens with two attached hydrogens (primary N) is 1. The number of hydrogen-bond donors (Lipinski definition) is 2. The van der Waals surface area contributed by atoms with Crippen molar-refractivity contribution in [2.75, 3.05) is 11.9 Å². The topological polar surface area (TPSA) is 100 Å². The summed E-state index contributed by atoms with van der Waals surface area (Å²) >= 11 is 0. The monoisotopic (exact) mass is 322 g/mol. The van der Waals surface area contributed by atoms with Gasteiger partial charge in [0.15, 0.2) is 6.61 Å². The van der Waals surface area contributed by atoms with E-state index in [1.807, 2.05) is 36.4 Å². The number of nitriles is 1. The van der Waals surface area contributed by atoms with E-state index in [-0.39, 0.29) is 12.5 Å². The normalized spacial score (nSPS) is 10.7. The third kappa shape index (κ3) is 5.81. The molecule has 0 atom stereocenters. The molecule has 0 radical (unpaired) electrons. The van der Waals surface area contributed by atoms with Crippen LogP contribution >= 0.6 is 0 Å². The van der Waals surface area contributed by atoms with E-state index in [9.17, 15) is 4.79 Å². The fraction of sp³-hybridized carbons (Fsp3) is 0.167. The second-order valence-electron chi connectivity index (χ2n) is 5.08. The molecule has 0 aliphatic rings. The largest absolute Gasteiger partial charge is 0.384 e. The number of rotatable bonds is 7. The predicted molar refractivity (Wildman–Crippen MR) is 92.1 cm³/mol. The number of benzene rings is 2. The number of carbonyl (C=O) groups is 1. The molecule has 6 nitrogen and oxygen atoms in total. The average molecular weight is 322 g/mol. The summed E-state index contributed by atoms with van der Waals surface area (Å²) in [5.74, 6) is -0.0390. The number of hydrogen-bond acceptors (Lipinski definition) is 4. The molecular formula is C18H18N4O2. The van der Waals surface area contributed by atoms with Crippen molar-refractivity contribution in [3.05, 3.63) is 65.7 Å². The lowest BCUT2D eigenvalue weighted by molar-refractivity contribution is -0.120. The average Bonchev–Trinajstić information content (AvgIpc) is 2.61. The Hall–Kier alpha value is -3.33. The molecule has 1 amide bonds. The maximum absolute atomic E-state index is 11.7. The summed E-state index contributed by atoms with van der Waals surface area (Å²) in [5.41, 5.74) is 7.91. The van der Waals surface area contributed by atoms with E-state index in [0.29, 0.717) is 23.5 Å². The second kappa shape index (κ2) is 8.96. The number of anilines is 1. The Morgan fingerprint density at radius 3 is 2.75 bits per heavy atom. The van der Waals surface area contributed by atoms with Gasteiger partial charge in [0.2, 0.25) is 0 Å². The van der Waals surface area contributed by atoms with Crippen LogP contribution in [0.1, 0.15) is 17.5 Å². The van der Waals surface area contributed by atoms with Gasteiger partial charge >= 0.3 is 0 Å². The standard InChI is InChI=1S/C18H18N4O2/c19-12-15-7-4-8-16(11-15)21-18(23)13-24-22-17(20)10-9-14-5-2-1-3-6-14/h1-8,11H,9-10,13H2,(H2,20,22)(H,21,23). The summed E-state index contributed by atoms with van der Waals surface area (Å²) in [6.07, 6.45) is 1.31. The van der Waals surface area contributed by atoms with Crippen molar-refractivity contribution < 1.29 is 9.63 Å². The summed E-state index contributed by atoms with van der Waals surface area (Å²) in [6, 6.07) is 18.5. The number of amidine groups is 1. The molecule has 0 aromatic heterocycles. The highest BCUT2D eigenvalue weighted by Crippen LogP contribution is 2.09. The van der Waals surface area contributed by atoms with Gasteiger partial charge in [-0.25, -0.2) is 0 Å². The van der Waals surface area contributed by atoms with Gasteiger partial charge in [0.25, 0.3) is 5.91 Å². The number of nitrogens with one attached hydrogen (secondary N) is 1. The number of nitrogens with zero attached hydrogens (tertiary/aromatic N) is 2. The second-order valence-corrected chi connectivity index (χ2v) is 5.08. The molecule has 0 saturated carbocycles. The summed E-state index contributed by atoms with van der Waals surface area (Å²) in [7, 11) is 0. The molecule has 2 aromatic rings. The summed E-state index contributed by atoms with van der Waals surface area (Å²) in [6.45, 7) is -0.247. The van der Waals surface area contributed by atoms with Crippen LogP contribution in [0.4, 0.5) is 5.69 Å². The van der Waals surface area contributed by atoms with Gasteiger partial charge in [-0.15, -0.1) is 0 Å². The Bertz CT molecular complexity index is 751. The predicted octanol–water partition coefficient (Wildman–Crippen LogP) is 2.42. The highest BCUT2D eigenvalue weighted by Gasteiger charge is 2.04. The number of aryl methyl sites for hydroxylation is 1. The van der Waals surface area contributed by atoms with E-state index in [1.54, 1.807) is 24.3 Å². The Morgan fingerprint density at radius 2 is 2.00 bits per heavy atom. The minimum absolute atomic E-state index is 0.247. The number of amides is 1. The molecule has 0 spiro atoms. The van der Waals surface area contributed by atoms with Crippen molar-refractivity contribution in [1.82, 2.24) is 0 Å². The Labute approximate surface area is 140 Å². The minimum Gasteiger partial charge on any atom is -0.384 e. The maximum atomic E-state index is 11.7. The molecular weight excluding hydrogens is 304 g/mol. The van der Waals surface area contributed by atoms with Crippen LogP contribution in [0, 0.1) is 11.3 Å². The maximum Gasteiger partial charge on any atom is 0.265 e. The summed E-state index contributed by atoms with van der Waals surface area (Å²) < 4.78 is 0. The van der Waals surface area contributed by atoms with Gasteiger partial charge in [-0.3, -0.25) is 4.79 Å². The SMILES string of the molecule is N#Cc1cccc(NC(=O)CO/N=C(\N)CCc2ccccc2)c1. The van der Waals surface area contributed by atoms with Crippen molar-refractivity contribution in [2.45, 2.75) is 12.8 Å². The first-order valence-electron chi connectivity index (χ1n) is 7.45. The quantitative estimate of drug-likeness (QED) is 0.464. The van der Waals surface area contributed by atoms with Crippen molar-refractivity contribution in [3.63, 3.8) is 0 Å². The fourth-order valence-electron chi connectivity index (χ4n) is 2.00. The summed E-state index contributed by atoms with van der Waals surface area (Å²) in [5, 5.41) is 15.2. The minimum atomic E-state index is -0.371. The Morgan fingerprint density at radius 1 is 1.21 bits per heavy atom. The highest BCUT2D eigenvalue weighted by atomic mass is 16.6. The van der Waals surface area contributed by atoms with Crippen LogP contribution in [-0.4, -0.2) is 18.3 Å². The molecule has 24 heavy (non-hydrogen) atoms. The van der Waals surface area contributed by atoms with Crippen molar-refractivity contribution in [1.29, 1.82) is 5.26 Å². The van der Waals surface area contributed by atoms with Gasteiger partial charge in [-0.1, -0.05) is 41.6 Å². The van der Waals surface area contributed by atoms with Crippen LogP contribution in [0.5, 0.6) is 0 Å². The van der Waals surface area contributed by atoms with Gasteiger partial charge in [0, 0.05) is 12.1 Å². The van der Waals surface area contributed by atoms with Crippen LogP contribution in [0.3, 0.4) is 0 Å². The zero-order valence-corrected chi connectivity index (χ0v) is 13.1. The third-order valence-corrected chi connectivity index (χ3v) is 3.17. The van der Waals surface area contributed by atoms with E-state index < -0.39 is 0 Å². The Kier molecular flexibility index (Phi) is 6.35. The zero-order chi connectivity index (χ0) is 17.2. The first kappa shape index (κ1) is 17.0. The van der Waals surface area contributed by atoms with Crippen LogP contribution in [0.15, 0.2) is 59.8 Å². The van der Waals surface area contributed by atoms with Gasteiger partial charge in [-0.05, 0) is 30.2 Å². The van der Waals surface area contributed by atoms with E-state index in [2.05, 4.69) is 10.5 Å². The lowest BCUT2D eigenvalue weighted by Gasteiger charge is -2.05. The molecule has 0 aliphatic heterocycles. The van der Waals surface area contributed by atoms with Crippen molar-refractivity contribution >= 4 is 17.4 Å². The van der Waals surface area contributed by atoms with Crippen LogP contribution < -0.4 is 11.1 Å². The highest BCUT2D eigenvalue weighted by molar-refractivity contribution is 5.91. The van der Waals surface area contributed by atoms with Crippen LogP contribution in [0.2, 0.25) is 0 Å². The van der Waals surface area contributed by atoms with Gasteiger partial charge < -0.3 is 15.9 Å². The zero-order valence-electron chi connectivity index (χ0n) is 13.1. The molecule has 2 rings (SSSR count). The third-order valence-electron chi connectivity index (χ3n) is 3.17. The van der Waals surface area contributed by atoms with Gasteiger partial charge in [-0.2, -0.15) is 5.26 Å². The Balaban J connectivity index is 1.73. The van der Waals surface area contributed by atoms with Crippen LogP contribution in [-0.2, 0) is 16.1 Å². The van der Waals surface area contributed by atoms with Gasteiger partial charge in [0.1, 0.15) is 5.84 Å². The van der Waals surface area contributed by atoms with E-state index in [1.165, 1.54) is 0 Å². The molecule has 0 saturated heterocycles. The van der Waals surface area contributed by atoms with Gasteiger partial charge in [0.05, 0.1) is 11.6 Å². The smallest absolute Gasteiger partial charge is 0.265 e. The molecule has 122 valence electrons. The molecule has 0 fully saturated rings. The number of carbonyl (C=O) groups excluding carboxylic acids is 1. The van der Waals surface area contributed by atoms with E-state index in [0.717, 1.165) is 12.0 Å². The molecule has 2 aromatic carbocycles. The molecule has 0 bridgehead atoms. The van der Waals surface area contributed by atoms with Crippen molar-refractivity contribution in [2.24, 2.45) is 10.9 Å². The molecule has 0 unspecified atom stereocenters. The van der Waals surface area contributed by atoms with E-state index >= 15 is 0 Å². The molecule has 3 N–H and O–H groups in total. The van der Waals surface area contributed by atoms with E-state index in [4.69, 9.17) is 15.8 Å². The lowest BCUT2D eigenvalue weighted by Crippen LogP contribution is -2.19. The lowest BCUT2D eigenvalue weighted by atomic mass is 10.1. The first-order chi connectivity index (χ1) is 11.7. The van der Waals surface area contributed by atoms with Crippen LogP contribution in [0.25, 0.3) is 0 Å². The first-order valence-corrected chi connectivity index (χ1v) is 7.45. The fourth-order valence-corrected chi connectivity index (χ4v) is 2.00. The van der Waals surface area contributed by atoms with Crippen molar-refractivity contribution in [3.8, 4) is 6.07 Å². The molecule has 0 aliphatic carbocycles.